The lowest BCUT2D eigenvalue weighted by atomic mass is 9.83. The fourth-order valence-electron chi connectivity index (χ4n) is 3.13. The van der Waals surface area contributed by atoms with Crippen LogP contribution in [0.15, 0.2) is 0 Å². The van der Waals surface area contributed by atoms with Crippen molar-refractivity contribution in [3.05, 3.63) is 0 Å². The van der Waals surface area contributed by atoms with Crippen LogP contribution in [-0.4, -0.2) is 35.5 Å². The zero-order chi connectivity index (χ0) is 14.0. The molecule has 0 bridgehead atoms. The molecule has 0 radical (unpaired) electrons. The van der Waals surface area contributed by atoms with E-state index in [4.69, 9.17) is 4.74 Å². The Morgan fingerprint density at radius 1 is 1.26 bits per heavy atom. The summed E-state index contributed by atoms with van der Waals surface area (Å²) in [7, 11) is 0. The van der Waals surface area contributed by atoms with Gasteiger partial charge in [-0.1, -0.05) is 12.8 Å². The second-order valence-electron chi connectivity index (χ2n) is 6.79. The van der Waals surface area contributed by atoms with Crippen LogP contribution in [-0.2, 0) is 9.53 Å². The van der Waals surface area contributed by atoms with Gasteiger partial charge in [0.25, 0.3) is 0 Å². The van der Waals surface area contributed by atoms with E-state index in [9.17, 15) is 9.59 Å². The molecule has 1 aliphatic heterocycles. The largest absolute Gasteiger partial charge is 0.444 e. The van der Waals surface area contributed by atoms with Gasteiger partial charge in [0.05, 0.1) is 0 Å². The molecule has 19 heavy (non-hydrogen) atoms. The number of hydrogen-bond acceptors (Lipinski definition) is 3. The molecule has 0 unspecified atom stereocenters. The normalized spacial score (nSPS) is 25.7. The van der Waals surface area contributed by atoms with Gasteiger partial charge in [-0.25, -0.2) is 4.79 Å². The summed E-state index contributed by atoms with van der Waals surface area (Å²) in [5, 5.41) is 0. The number of ether oxygens (including phenoxy) is 1. The highest BCUT2D eigenvalue weighted by Gasteiger charge is 2.37. The number of ketones is 1. The topological polar surface area (TPSA) is 46.6 Å². The molecule has 0 spiro atoms. The smallest absolute Gasteiger partial charge is 0.410 e. The molecule has 2 aliphatic rings. The third kappa shape index (κ3) is 3.71. The maximum Gasteiger partial charge on any atom is 0.410 e. The lowest BCUT2D eigenvalue weighted by Gasteiger charge is -2.35. The molecule has 1 saturated carbocycles. The summed E-state index contributed by atoms with van der Waals surface area (Å²) in [6.07, 6.45) is 4.93. The van der Waals surface area contributed by atoms with Crippen LogP contribution in [0.1, 0.15) is 52.9 Å². The second kappa shape index (κ2) is 5.51. The van der Waals surface area contributed by atoms with Gasteiger partial charge in [-0.2, -0.15) is 0 Å². The van der Waals surface area contributed by atoms with Gasteiger partial charge < -0.3 is 9.64 Å². The van der Waals surface area contributed by atoms with Crippen molar-refractivity contribution in [3.63, 3.8) is 0 Å². The number of amides is 1. The van der Waals surface area contributed by atoms with Crippen molar-refractivity contribution in [2.75, 3.05) is 13.1 Å². The zero-order valence-corrected chi connectivity index (χ0v) is 12.3. The Kier molecular flexibility index (Phi) is 4.16. The van der Waals surface area contributed by atoms with Crippen molar-refractivity contribution in [2.45, 2.75) is 58.5 Å². The minimum absolute atomic E-state index is 0.0452. The lowest BCUT2D eigenvalue weighted by molar-refractivity contribution is -0.127. The van der Waals surface area contributed by atoms with Crippen LogP contribution >= 0.6 is 0 Å². The summed E-state index contributed by atoms with van der Waals surface area (Å²) < 4.78 is 5.40. The summed E-state index contributed by atoms with van der Waals surface area (Å²) >= 11 is 0. The first-order valence-electron chi connectivity index (χ1n) is 7.37. The van der Waals surface area contributed by atoms with E-state index in [0.29, 0.717) is 31.2 Å². The van der Waals surface area contributed by atoms with E-state index in [-0.39, 0.29) is 12.0 Å². The Hall–Kier alpha value is -1.06. The van der Waals surface area contributed by atoms with Crippen LogP contribution in [0.2, 0.25) is 0 Å². The molecule has 1 atom stereocenters. The fraction of sp³-hybridized carbons (Fsp3) is 0.867. The van der Waals surface area contributed by atoms with Crippen LogP contribution in [0.3, 0.4) is 0 Å². The van der Waals surface area contributed by atoms with Crippen molar-refractivity contribution in [2.24, 2.45) is 11.8 Å². The molecular formula is C15H25NO3. The molecule has 0 N–H and O–H groups in total. The first-order chi connectivity index (χ1) is 8.87. The summed E-state index contributed by atoms with van der Waals surface area (Å²) in [4.78, 5) is 25.8. The van der Waals surface area contributed by atoms with Crippen molar-refractivity contribution < 1.29 is 14.3 Å². The van der Waals surface area contributed by atoms with Gasteiger partial charge >= 0.3 is 6.09 Å². The SMILES string of the molecule is CC(C)(C)OC(=O)N1CCC(=O)[C@H](C2CCCC2)C1. The van der Waals surface area contributed by atoms with Gasteiger partial charge in [-0.05, 0) is 39.5 Å². The van der Waals surface area contributed by atoms with Crippen LogP contribution in [0.4, 0.5) is 4.79 Å². The molecule has 1 amide bonds. The Labute approximate surface area is 115 Å². The number of carbonyl (C=O) groups is 2. The molecular weight excluding hydrogens is 242 g/mol. The molecule has 0 aromatic rings. The first-order valence-corrected chi connectivity index (χ1v) is 7.37. The average molecular weight is 267 g/mol. The molecule has 0 aromatic carbocycles. The number of hydrogen-bond donors (Lipinski definition) is 0. The van der Waals surface area contributed by atoms with Crippen LogP contribution in [0, 0.1) is 11.8 Å². The summed E-state index contributed by atoms with van der Waals surface area (Å²) in [5.41, 5.74) is -0.471. The van der Waals surface area contributed by atoms with Gasteiger partial charge in [-0.15, -0.1) is 0 Å². The second-order valence-corrected chi connectivity index (χ2v) is 6.79. The van der Waals surface area contributed by atoms with Crippen molar-refractivity contribution in [1.82, 2.24) is 4.90 Å². The van der Waals surface area contributed by atoms with Gasteiger partial charge in [0.2, 0.25) is 0 Å². The van der Waals surface area contributed by atoms with E-state index >= 15 is 0 Å². The van der Waals surface area contributed by atoms with E-state index in [0.717, 1.165) is 12.8 Å². The minimum atomic E-state index is -0.471. The maximum absolute atomic E-state index is 12.1. The molecule has 1 aliphatic carbocycles. The highest BCUT2D eigenvalue weighted by atomic mass is 16.6. The van der Waals surface area contributed by atoms with Crippen LogP contribution < -0.4 is 0 Å². The van der Waals surface area contributed by atoms with Gasteiger partial charge in [0.1, 0.15) is 11.4 Å². The van der Waals surface area contributed by atoms with Crippen LogP contribution in [0.5, 0.6) is 0 Å². The number of likely N-dealkylation sites (tertiary alicyclic amines) is 1. The Bertz CT molecular complexity index is 353. The monoisotopic (exact) mass is 267 g/mol. The quantitative estimate of drug-likeness (QED) is 0.733. The maximum atomic E-state index is 12.1. The molecule has 108 valence electrons. The van der Waals surface area contributed by atoms with Crippen molar-refractivity contribution in [1.29, 1.82) is 0 Å². The predicted octanol–water partition coefficient (Wildman–Crippen LogP) is 3.00. The standard InChI is InChI=1S/C15H25NO3/c1-15(2,3)19-14(18)16-9-8-13(17)12(10-16)11-6-4-5-7-11/h11-12H,4-10H2,1-3H3/t12-/m0/s1. The average Bonchev–Trinajstić information content (AvgIpc) is 2.80. The predicted molar refractivity (Wildman–Crippen MR) is 72.9 cm³/mol. The molecule has 1 heterocycles. The van der Waals surface area contributed by atoms with Gasteiger partial charge in [0.15, 0.2) is 0 Å². The number of piperidine rings is 1. The van der Waals surface area contributed by atoms with E-state index in [1.807, 2.05) is 20.8 Å². The molecule has 2 rings (SSSR count). The third-order valence-electron chi connectivity index (χ3n) is 4.08. The highest BCUT2D eigenvalue weighted by molar-refractivity contribution is 5.84. The molecule has 1 saturated heterocycles. The molecule has 4 nitrogen and oxygen atoms in total. The van der Waals surface area contributed by atoms with Crippen LogP contribution in [0.25, 0.3) is 0 Å². The molecule has 4 heteroatoms. The Balaban J connectivity index is 1.96. The van der Waals surface area contributed by atoms with E-state index < -0.39 is 5.60 Å². The molecule has 0 aromatic heterocycles. The third-order valence-corrected chi connectivity index (χ3v) is 4.08. The summed E-state index contributed by atoms with van der Waals surface area (Å²) in [6, 6.07) is 0. The fourth-order valence-corrected chi connectivity index (χ4v) is 3.13. The minimum Gasteiger partial charge on any atom is -0.444 e. The van der Waals surface area contributed by atoms with Crippen molar-refractivity contribution >= 4 is 11.9 Å². The number of Topliss-reactive ketones (excluding diaryl/α,β-unsaturated/α-hetero) is 1. The Morgan fingerprint density at radius 3 is 2.47 bits per heavy atom. The van der Waals surface area contributed by atoms with Gasteiger partial charge in [-0.3, -0.25) is 4.79 Å². The highest BCUT2D eigenvalue weighted by Crippen LogP contribution is 2.34. The Morgan fingerprint density at radius 2 is 1.89 bits per heavy atom. The zero-order valence-electron chi connectivity index (χ0n) is 12.3. The van der Waals surface area contributed by atoms with E-state index in [1.165, 1.54) is 12.8 Å². The number of rotatable bonds is 1. The lowest BCUT2D eigenvalue weighted by Crippen LogP contribution is -2.47. The number of nitrogens with zero attached hydrogens (tertiary/aromatic N) is 1. The van der Waals surface area contributed by atoms with Crippen molar-refractivity contribution in [3.8, 4) is 0 Å². The van der Waals surface area contributed by atoms with Gasteiger partial charge in [0, 0.05) is 25.4 Å². The summed E-state index contributed by atoms with van der Waals surface area (Å²) in [6.45, 7) is 6.67. The first kappa shape index (κ1) is 14.4. The van der Waals surface area contributed by atoms with E-state index in [1.54, 1.807) is 4.90 Å². The molecule has 2 fully saturated rings. The summed E-state index contributed by atoms with van der Waals surface area (Å²) in [5.74, 6) is 0.869. The van der Waals surface area contributed by atoms with E-state index in [2.05, 4.69) is 0 Å². The number of carbonyl (C=O) groups excluding carboxylic acids is 2.